The fourth-order valence-electron chi connectivity index (χ4n) is 4.61. The number of anilines is 1. The first-order valence-electron chi connectivity index (χ1n) is 12.0. The van der Waals surface area contributed by atoms with Crippen molar-refractivity contribution in [2.24, 2.45) is 0 Å². The zero-order chi connectivity index (χ0) is 24.4. The van der Waals surface area contributed by atoms with Crippen molar-refractivity contribution in [2.75, 3.05) is 37.7 Å². The van der Waals surface area contributed by atoms with Crippen LogP contribution in [-0.2, 0) is 4.79 Å². The number of rotatable bonds is 5. The molecule has 0 radical (unpaired) electrons. The van der Waals surface area contributed by atoms with Crippen LogP contribution in [0.3, 0.4) is 0 Å². The fraction of sp³-hybridized carbons (Fsp3) is 0.276. The zero-order valence-electron chi connectivity index (χ0n) is 20.5. The van der Waals surface area contributed by atoms with Crippen LogP contribution in [0.15, 0.2) is 66.7 Å². The molecule has 1 fully saturated rings. The van der Waals surface area contributed by atoms with Gasteiger partial charge in [-0.3, -0.25) is 4.79 Å². The minimum absolute atomic E-state index is 0.00392. The van der Waals surface area contributed by atoms with Gasteiger partial charge in [-0.15, -0.1) is 10.2 Å². The highest BCUT2D eigenvalue weighted by molar-refractivity contribution is 5.88. The van der Waals surface area contributed by atoms with Crippen molar-refractivity contribution in [1.29, 1.82) is 0 Å². The third kappa shape index (κ3) is 4.83. The Bertz CT molecular complexity index is 1350. The predicted molar refractivity (Wildman–Crippen MR) is 140 cm³/mol. The van der Waals surface area contributed by atoms with E-state index in [1.165, 1.54) is 16.7 Å². The summed E-state index contributed by atoms with van der Waals surface area (Å²) in [5, 5.41) is 11.1. The lowest BCUT2D eigenvalue weighted by molar-refractivity contribution is -0.133. The number of benzene rings is 3. The molecule has 1 amide bonds. The highest BCUT2D eigenvalue weighted by Crippen LogP contribution is 2.27. The number of hydrogen-bond acceptors (Lipinski definition) is 5. The minimum atomic E-state index is 0.00392. The molecule has 35 heavy (non-hydrogen) atoms. The predicted octanol–water partition coefficient (Wildman–Crippen LogP) is 4.95. The summed E-state index contributed by atoms with van der Waals surface area (Å²) in [5.74, 6) is 1.59. The van der Waals surface area contributed by atoms with E-state index in [0.29, 0.717) is 13.1 Å². The molecule has 6 nitrogen and oxygen atoms in total. The number of fused-ring (bicyclic) bond motifs is 1. The Morgan fingerprint density at radius 2 is 1.57 bits per heavy atom. The van der Waals surface area contributed by atoms with Crippen LogP contribution in [0, 0.1) is 20.8 Å². The Balaban J connectivity index is 1.18. The average molecular weight is 467 g/mol. The van der Waals surface area contributed by atoms with Gasteiger partial charge in [-0.1, -0.05) is 42.5 Å². The van der Waals surface area contributed by atoms with E-state index >= 15 is 0 Å². The lowest BCUT2D eigenvalue weighted by Crippen LogP contribution is -2.50. The van der Waals surface area contributed by atoms with E-state index in [1.54, 1.807) is 0 Å². The maximum atomic E-state index is 12.8. The number of piperazine rings is 1. The fourth-order valence-corrected chi connectivity index (χ4v) is 4.61. The molecule has 3 aromatic carbocycles. The van der Waals surface area contributed by atoms with Gasteiger partial charge in [-0.05, 0) is 67.1 Å². The Morgan fingerprint density at radius 1 is 0.829 bits per heavy atom. The van der Waals surface area contributed by atoms with Crippen molar-refractivity contribution in [3.05, 3.63) is 83.4 Å². The Hall–Kier alpha value is -3.93. The van der Waals surface area contributed by atoms with Crippen LogP contribution >= 0.6 is 0 Å². The molecule has 1 aliphatic rings. The molecule has 4 aromatic rings. The van der Waals surface area contributed by atoms with Crippen molar-refractivity contribution in [1.82, 2.24) is 15.1 Å². The van der Waals surface area contributed by atoms with E-state index < -0.39 is 0 Å². The van der Waals surface area contributed by atoms with Crippen LogP contribution in [0.4, 0.5) is 5.82 Å². The van der Waals surface area contributed by atoms with E-state index in [9.17, 15) is 4.79 Å². The summed E-state index contributed by atoms with van der Waals surface area (Å²) in [6.07, 6.45) is 0. The lowest BCUT2D eigenvalue weighted by Gasteiger charge is -2.35. The molecule has 5 rings (SSSR count). The Morgan fingerprint density at radius 3 is 2.34 bits per heavy atom. The van der Waals surface area contributed by atoms with Gasteiger partial charge in [0.1, 0.15) is 5.75 Å². The van der Waals surface area contributed by atoms with E-state index in [2.05, 4.69) is 48.0 Å². The maximum Gasteiger partial charge on any atom is 0.260 e. The van der Waals surface area contributed by atoms with Crippen molar-refractivity contribution >= 4 is 22.5 Å². The highest BCUT2D eigenvalue weighted by Gasteiger charge is 2.23. The minimum Gasteiger partial charge on any atom is -0.483 e. The Kier molecular flexibility index (Phi) is 6.36. The molecule has 0 saturated carbocycles. The molecule has 0 bridgehead atoms. The summed E-state index contributed by atoms with van der Waals surface area (Å²) < 4.78 is 5.90. The van der Waals surface area contributed by atoms with Crippen molar-refractivity contribution < 1.29 is 9.53 Å². The second-order valence-corrected chi connectivity index (χ2v) is 9.16. The van der Waals surface area contributed by atoms with Crippen LogP contribution < -0.4 is 9.64 Å². The van der Waals surface area contributed by atoms with Gasteiger partial charge in [-0.25, -0.2) is 0 Å². The second kappa shape index (κ2) is 9.74. The van der Waals surface area contributed by atoms with E-state index in [1.807, 2.05) is 59.5 Å². The molecule has 0 atom stereocenters. The maximum absolute atomic E-state index is 12.8. The van der Waals surface area contributed by atoms with Crippen LogP contribution in [0.5, 0.6) is 5.75 Å². The van der Waals surface area contributed by atoms with Gasteiger partial charge in [-0.2, -0.15) is 0 Å². The average Bonchev–Trinajstić information content (AvgIpc) is 2.89. The van der Waals surface area contributed by atoms with Crippen molar-refractivity contribution in [2.45, 2.75) is 20.8 Å². The normalized spacial score (nSPS) is 13.8. The van der Waals surface area contributed by atoms with Crippen LogP contribution in [0.2, 0.25) is 0 Å². The van der Waals surface area contributed by atoms with Gasteiger partial charge in [0.25, 0.3) is 5.91 Å². The smallest absolute Gasteiger partial charge is 0.260 e. The van der Waals surface area contributed by atoms with Gasteiger partial charge in [0.15, 0.2) is 12.4 Å². The standard InChI is InChI=1S/C29H30N4O2/c1-20-17-22(3)25(18-21(20)2)26-11-12-28(31-30-26)32-13-15-33(16-14-32)29(34)19-35-27-10-6-8-23-7-4-5-9-24(23)27/h4-12,17-18H,13-16,19H2,1-3H3. The Labute approximate surface area is 206 Å². The molecule has 1 saturated heterocycles. The van der Waals surface area contributed by atoms with Gasteiger partial charge < -0.3 is 14.5 Å². The molecule has 0 spiro atoms. The molecule has 2 heterocycles. The van der Waals surface area contributed by atoms with Crippen molar-refractivity contribution in [3.8, 4) is 17.0 Å². The molecular formula is C29H30N4O2. The number of carbonyl (C=O) groups excluding carboxylic acids is 1. The number of aryl methyl sites for hydroxylation is 3. The monoisotopic (exact) mass is 466 g/mol. The van der Waals surface area contributed by atoms with E-state index in [-0.39, 0.29) is 12.5 Å². The van der Waals surface area contributed by atoms with Crippen LogP contribution in [0.25, 0.3) is 22.0 Å². The number of ether oxygens (including phenoxy) is 1. The third-order valence-corrected chi connectivity index (χ3v) is 6.82. The summed E-state index contributed by atoms with van der Waals surface area (Å²) in [7, 11) is 0. The summed E-state index contributed by atoms with van der Waals surface area (Å²) in [6.45, 7) is 9.10. The topological polar surface area (TPSA) is 58.6 Å². The molecule has 0 N–H and O–H groups in total. The summed E-state index contributed by atoms with van der Waals surface area (Å²) in [4.78, 5) is 16.8. The quantitative estimate of drug-likeness (QED) is 0.417. The largest absolute Gasteiger partial charge is 0.483 e. The second-order valence-electron chi connectivity index (χ2n) is 9.16. The first-order valence-corrected chi connectivity index (χ1v) is 12.0. The molecule has 1 aliphatic heterocycles. The van der Waals surface area contributed by atoms with Crippen LogP contribution in [0.1, 0.15) is 16.7 Å². The first kappa shape index (κ1) is 22.8. The number of nitrogens with zero attached hydrogens (tertiary/aromatic N) is 4. The first-order chi connectivity index (χ1) is 17.0. The summed E-state index contributed by atoms with van der Waals surface area (Å²) in [6, 6.07) is 22.4. The van der Waals surface area contributed by atoms with Crippen molar-refractivity contribution in [3.63, 3.8) is 0 Å². The zero-order valence-corrected chi connectivity index (χ0v) is 20.5. The number of amides is 1. The van der Waals surface area contributed by atoms with Gasteiger partial charge in [0.05, 0.1) is 5.69 Å². The number of aromatic nitrogens is 2. The third-order valence-electron chi connectivity index (χ3n) is 6.82. The van der Waals surface area contributed by atoms with Gasteiger partial charge in [0.2, 0.25) is 0 Å². The summed E-state index contributed by atoms with van der Waals surface area (Å²) >= 11 is 0. The van der Waals surface area contributed by atoms with E-state index in [4.69, 9.17) is 4.74 Å². The van der Waals surface area contributed by atoms with Crippen LogP contribution in [-0.4, -0.2) is 53.8 Å². The molecule has 0 aliphatic carbocycles. The number of carbonyl (C=O) groups is 1. The molecule has 6 heteroatoms. The number of hydrogen-bond donors (Lipinski definition) is 0. The lowest BCUT2D eigenvalue weighted by atomic mass is 9.99. The van der Waals surface area contributed by atoms with Gasteiger partial charge >= 0.3 is 0 Å². The summed E-state index contributed by atoms with van der Waals surface area (Å²) in [5.41, 5.74) is 5.74. The van der Waals surface area contributed by atoms with Gasteiger partial charge in [0, 0.05) is 37.1 Å². The van der Waals surface area contributed by atoms with E-state index in [0.717, 1.165) is 46.7 Å². The molecule has 0 unspecified atom stereocenters. The SMILES string of the molecule is Cc1cc(C)c(-c2ccc(N3CCN(C(=O)COc4cccc5ccccc45)CC3)nn2)cc1C. The molecular weight excluding hydrogens is 436 g/mol. The highest BCUT2D eigenvalue weighted by atomic mass is 16.5. The molecule has 178 valence electrons. The molecule has 1 aromatic heterocycles.